The lowest BCUT2D eigenvalue weighted by atomic mass is 9.43. The Kier molecular flexibility index (Phi) is 7.60. The smallest absolute Gasteiger partial charge is 0.306 e. The van der Waals surface area contributed by atoms with Gasteiger partial charge < -0.3 is 20.1 Å². The number of fused-ring (bicyclic) bond motifs is 5. The number of ether oxygens (including phenoxy) is 1. The van der Waals surface area contributed by atoms with Crippen LogP contribution in [0.3, 0.4) is 0 Å². The molecule has 5 aliphatic rings. The van der Waals surface area contributed by atoms with Crippen LogP contribution in [-0.2, 0) is 9.53 Å². The number of rotatable bonds is 5. The highest BCUT2D eigenvalue weighted by atomic mass is 32.2. The summed E-state index contributed by atoms with van der Waals surface area (Å²) in [5.74, 6) is 3.81. The van der Waals surface area contributed by atoms with Crippen LogP contribution in [0.1, 0.15) is 97.8 Å². The summed E-state index contributed by atoms with van der Waals surface area (Å²) in [6, 6.07) is 0. The molecule has 0 aromatic heterocycles. The standard InChI is InChI=1S/C29H48O5S/c1-17(4-7-25(32)34-20-10-13-35-26(33)16-20)21-5-6-22-27-23(9-12-29(21,22)3)28(2)11-8-19(30)14-18(28)15-24(27)31/h17-24,26-27,30-31,33H,4-16H2,1-3H3. The van der Waals surface area contributed by atoms with Crippen molar-refractivity contribution in [1.82, 2.24) is 0 Å². The van der Waals surface area contributed by atoms with E-state index in [4.69, 9.17) is 4.74 Å². The third kappa shape index (κ3) is 4.83. The molecule has 1 aliphatic heterocycles. The Morgan fingerprint density at radius 3 is 2.49 bits per heavy atom. The van der Waals surface area contributed by atoms with Gasteiger partial charge in [-0.3, -0.25) is 4.79 Å². The van der Waals surface area contributed by atoms with Crippen molar-refractivity contribution in [3.05, 3.63) is 0 Å². The minimum atomic E-state index is -0.405. The Hall–Kier alpha value is -0.300. The molecule has 12 atom stereocenters. The van der Waals surface area contributed by atoms with E-state index in [-0.39, 0.29) is 35.1 Å². The zero-order valence-electron chi connectivity index (χ0n) is 22.0. The van der Waals surface area contributed by atoms with Gasteiger partial charge in [-0.1, -0.05) is 20.8 Å². The fourth-order valence-corrected chi connectivity index (χ4v) is 10.8. The fraction of sp³-hybridized carbons (Fsp3) is 0.966. The second-order valence-electron chi connectivity index (χ2n) is 13.4. The molecule has 6 heteroatoms. The van der Waals surface area contributed by atoms with Crippen molar-refractivity contribution in [1.29, 1.82) is 0 Å². The number of hydrogen-bond donors (Lipinski definition) is 3. The third-order valence-electron chi connectivity index (χ3n) is 11.7. The molecule has 0 aromatic carbocycles. The minimum Gasteiger partial charge on any atom is -0.462 e. The molecule has 200 valence electrons. The van der Waals surface area contributed by atoms with E-state index in [2.05, 4.69) is 20.8 Å². The number of hydrogen-bond acceptors (Lipinski definition) is 6. The Morgan fingerprint density at radius 2 is 1.71 bits per heavy atom. The molecular weight excluding hydrogens is 460 g/mol. The van der Waals surface area contributed by atoms with Crippen LogP contribution in [-0.4, -0.2) is 50.8 Å². The zero-order chi connectivity index (χ0) is 25.0. The SMILES string of the molecule is CC(CCC(=O)OC1CCSC(O)C1)C1CCC2C3C(O)CC4CC(O)CCC4(C)C3CCC12C. The lowest BCUT2D eigenvalue weighted by Gasteiger charge is -2.62. The van der Waals surface area contributed by atoms with E-state index in [1.54, 1.807) is 11.8 Å². The summed E-state index contributed by atoms with van der Waals surface area (Å²) in [5.41, 5.74) is 0.105. The molecule has 0 aromatic rings. The molecule has 1 saturated heterocycles. The molecule has 1 heterocycles. The topological polar surface area (TPSA) is 87.0 Å². The predicted molar refractivity (Wildman–Crippen MR) is 139 cm³/mol. The molecule has 3 N–H and O–H groups in total. The molecule has 5 fully saturated rings. The van der Waals surface area contributed by atoms with Gasteiger partial charge in [0.15, 0.2) is 0 Å². The van der Waals surface area contributed by atoms with Gasteiger partial charge in [0.1, 0.15) is 11.5 Å². The Morgan fingerprint density at radius 1 is 0.971 bits per heavy atom. The molecule has 12 unspecified atom stereocenters. The second kappa shape index (κ2) is 10.1. The molecular formula is C29H48O5S. The summed E-state index contributed by atoms with van der Waals surface area (Å²) < 4.78 is 5.70. The van der Waals surface area contributed by atoms with Crippen molar-refractivity contribution in [2.24, 2.45) is 46.3 Å². The van der Waals surface area contributed by atoms with Gasteiger partial charge in [-0.05, 0) is 116 Å². The van der Waals surface area contributed by atoms with Crippen LogP contribution in [0, 0.1) is 46.3 Å². The second-order valence-corrected chi connectivity index (χ2v) is 14.7. The number of esters is 1. The Balaban J connectivity index is 1.21. The molecule has 35 heavy (non-hydrogen) atoms. The van der Waals surface area contributed by atoms with Crippen molar-refractivity contribution < 1.29 is 24.9 Å². The fourth-order valence-electron chi connectivity index (χ4n) is 9.82. The van der Waals surface area contributed by atoms with Crippen LogP contribution in [0.15, 0.2) is 0 Å². The van der Waals surface area contributed by atoms with E-state index >= 15 is 0 Å². The average molecular weight is 509 g/mol. The van der Waals surface area contributed by atoms with Crippen LogP contribution in [0.25, 0.3) is 0 Å². The van der Waals surface area contributed by atoms with Crippen LogP contribution < -0.4 is 0 Å². The molecule has 0 radical (unpaired) electrons. The van der Waals surface area contributed by atoms with Gasteiger partial charge in [0.2, 0.25) is 0 Å². The first-order valence-corrected chi connectivity index (χ1v) is 15.5. The largest absolute Gasteiger partial charge is 0.462 e. The monoisotopic (exact) mass is 508 g/mol. The predicted octanol–water partition coefficient (Wildman–Crippen LogP) is 5.15. The summed E-state index contributed by atoms with van der Waals surface area (Å²) >= 11 is 1.54. The highest BCUT2D eigenvalue weighted by Gasteiger charge is 2.62. The highest BCUT2D eigenvalue weighted by molar-refractivity contribution is 7.99. The summed E-state index contributed by atoms with van der Waals surface area (Å²) in [6.07, 6.45) is 10.8. The first-order chi connectivity index (χ1) is 16.6. The maximum absolute atomic E-state index is 12.6. The van der Waals surface area contributed by atoms with Gasteiger partial charge >= 0.3 is 5.97 Å². The van der Waals surface area contributed by atoms with Crippen molar-refractivity contribution in [2.75, 3.05) is 5.75 Å². The highest BCUT2D eigenvalue weighted by Crippen LogP contribution is 2.68. The summed E-state index contributed by atoms with van der Waals surface area (Å²) in [4.78, 5) is 12.6. The number of carbonyl (C=O) groups is 1. The molecule has 4 saturated carbocycles. The molecule has 4 aliphatic carbocycles. The van der Waals surface area contributed by atoms with E-state index < -0.39 is 5.44 Å². The van der Waals surface area contributed by atoms with Crippen molar-refractivity contribution in [3.63, 3.8) is 0 Å². The zero-order valence-corrected chi connectivity index (χ0v) is 22.8. The van der Waals surface area contributed by atoms with Gasteiger partial charge in [-0.2, -0.15) is 0 Å². The quantitative estimate of drug-likeness (QED) is 0.445. The van der Waals surface area contributed by atoms with E-state index in [0.29, 0.717) is 48.3 Å². The van der Waals surface area contributed by atoms with Crippen LogP contribution in [0.5, 0.6) is 0 Å². The van der Waals surface area contributed by atoms with E-state index in [0.717, 1.165) is 44.3 Å². The molecule has 5 rings (SSSR count). The maximum Gasteiger partial charge on any atom is 0.306 e. The van der Waals surface area contributed by atoms with Gasteiger partial charge in [0, 0.05) is 12.8 Å². The van der Waals surface area contributed by atoms with Crippen LogP contribution in [0.4, 0.5) is 0 Å². The van der Waals surface area contributed by atoms with E-state index in [1.807, 2.05) is 0 Å². The Bertz CT molecular complexity index is 776. The maximum atomic E-state index is 12.6. The van der Waals surface area contributed by atoms with Crippen LogP contribution >= 0.6 is 11.8 Å². The average Bonchev–Trinajstić information content (AvgIpc) is 3.16. The molecule has 0 bridgehead atoms. The van der Waals surface area contributed by atoms with Gasteiger partial charge in [0.05, 0.1) is 12.2 Å². The molecule has 0 amide bonds. The third-order valence-corrected chi connectivity index (χ3v) is 12.8. The number of thioether (sulfide) groups is 1. The first-order valence-electron chi connectivity index (χ1n) is 14.5. The Labute approximate surface area is 216 Å². The molecule has 5 nitrogen and oxygen atoms in total. The van der Waals surface area contributed by atoms with Crippen molar-refractivity contribution in [2.45, 2.75) is 122 Å². The van der Waals surface area contributed by atoms with Crippen molar-refractivity contribution >= 4 is 17.7 Å². The van der Waals surface area contributed by atoms with Gasteiger partial charge in [-0.15, -0.1) is 11.8 Å². The summed E-state index contributed by atoms with van der Waals surface area (Å²) in [6.45, 7) is 7.30. The minimum absolute atomic E-state index is 0.106. The van der Waals surface area contributed by atoms with Gasteiger partial charge in [-0.25, -0.2) is 0 Å². The first kappa shape index (κ1) is 26.3. The summed E-state index contributed by atoms with van der Waals surface area (Å²) in [5, 5.41) is 31.5. The number of carbonyl (C=O) groups excluding carboxylic acids is 1. The number of aliphatic hydroxyl groups is 3. The van der Waals surface area contributed by atoms with Gasteiger partial charge in [0.25, 0.3) is 0 Å². The lowest BCUT2D eigenvalue weighted by Crippen LogP contribution is -2.58. The normalized spacial score (nSPS) is 50.5. The van der Waals surface area contributed by atoms with Crippen LogP contribution in [0.2, 0.25) is 0 Å². The lowest BCUT2D eigenvalue weighted by molar-refractivity contribution is -0.174. The molecule has 0 spiro atoms. The van der Waals surface area contributed by atoms with E-state index in [9.17, 15) is 20.1 Å². The summed E-state index contributed by atoms with van der Waals surface area (Å²) in [7, 11) is 0. The number of aliphatic hydroxyl groups excluding tert-OH is 3. The van der Waals surface area contributed by atoms with Crippen molar-refractivity contribution in [3.8, 4) is 0 Å². The van der Waals surface area contributed by atoms with E-state index in [1.165, 1.54) is 25.7 Å².